The van der Waals surface area contributed by atoms with Gasteiger partial charge in [0, 0.05) is 31.9 Å². The van der Waals surface area contributed by atoms with Gasteiger partial charge in [0.15, 0.2) is 0 Å². The Labute approximate surface area is 174 Å². The molecule has 1 aliphatic heterocycles. The van der Waals surface area contributed by atoms with Crippen LogP contribution in [0.4, 0.5) is 5.69 Å². The highest BCUT2D eigenvalue weighted by Gasteiger charge is 2.19. The Bertz CT molecular complexity index is 772. The van der Waals surface area contributed by atoms with Crippen LogP contribution in [0.3, 0.4) is 0 Å². The molecule has 0 saturated carbocycles. The van der Waals surface area contributed by atoms with Gasteiger partial charge < -0.3 is 19.3 Å². The lowest BCUT2D eigenvalue weighted by atomic mass is 10.0. The number of nitrogens with zero attached hydrogens (tertiary/aromatic N) is 2. The van der Waals surface area contributed by atoms with E-state index in [0.29, 0.717) is 18.9 Å². The van der Waals surface area contributed by atoms with Gasteiger partial charge in [0.05, 0.1) is 20.1 Å². The van der Waals surface area contributed by atoms with E-state index in [1.165, 1.54) is 11.3 Å². The lowest BCUT2D eigenvalue weighted by Gasteiger charge is -2.24. The number of hydrogen-bond acceptors (Lipinski definition) is 4. The van der Waals surface area contributed by atoms with Crippen molar-refractivity contribution in [3.63, 3.8) is 0 Å². The fourth-order valence-corrected chi connectivity index (χ4v) is 3.58. The Hall–Kier alpha value is -2.69. The summed E-state index contributed by atoms with van der Waals surface area (Å²) >= 11 is 0. The molecule has 0 bridgehead atoms. The van der Waals surface area contributed by atoms with Crippen LogP contribution in [0.2, 0.25) is 0 Å². The number of anilines is 1. The van der Waals surface area contributed by atoms with Crippen molar-refractivity contribution >= 4 is 11.6 Å². The number of methoxy groups -OCH3 is 1. The molecule has 1 fully saturated rings. The summed E-state index contributed by atoms with van der Waals surface area (Å²) in [5.41, 5.74) is 2.47. The molecule has 1 heterocycles. The minimum Gasteiger partial charge on any atom is -0.497 e. The van der Waals surface area contributed by atoms with E-state index in [4.69, 9.17) is 9.47 Å². The smallest absolute Gasteiger partial charge is 0.226 e. The predicted octanol–water partition coefficient (Wildman–Crippen LogP) is 4.33. The van der Waals surface area contributed by atoms with Gasteiger partial charge in [0.2, 0.25) is 5.91 Å². The quantitative estimate of drug-likeness (QED) is 0.699. The molecule has 29 heavy (non-hydrogen) atoms. The second kappa shape index (κ2) is 10.2. The van der Waals surface area contributed by atoms with Gasteiger partial charge in [-0.1, -0.05) is 26.0 Å². The summed E-state index contributed by atoms with van der Waals surface area (Å²) in [6.45, 7) is 8.10. The van der Waals surface area contributed by atoms with Crippen molar-refractivity contribution in [2.45, 2.75) is 32.6 Å². The van der Waals surface area contributed by atoms with Crippen molar-refractivity contribution in [1.29, 1.82) is 0 Å². The van der Waals surface area contributed by atoms with Crippen molar-refractivity contribution in [3.05, 3.63) is 54.1 Å². The topological polar surface area (TPSA) is 42.0 Å². The average molecular weight is 397 g/mol. The van der Waals surface area contributed by atoms with Gasteiger partial charge in [0.25, 0.3) is 0 Å². The minimum atomic E-state index is 0.167. The van der Waals surface area contributed by atoms with E-state index in [1.54, 1.807) is 7.11 Å². The third-order valence-electron chi connectivity index (χ3n) is 5.42. The van der Waals surface area contributed by atoms with Gasteiger partial charge in [0.1, 0.15) is 11.5 Å². The summed E-state index contributed by atoms with van der Waals surface area (Å²) in [5.74, 6) is 2.36. The summed E-state index contributed by atoms with van der Waals surface area (Å²) in [6.07, 6.45) is 1.38. The molecule has 2 aromatic carbocycles. The molecule has 156 valence electrons. The van der Waals surface area contributed by atoms with Crippen LogP contribution in [0, 0.1) is 0 Å². The molecule has 0 spiro atoms. The maximum Gasteiger partial charge on any atom is 0.226 e. The van der Waals surface area contributed by atoms with E-state index >= 15 is 0 Å². The fraction of sp³-hybridized carbons (Fsp3) is 0.458. The first-order chi connectivity index (χ1) is 14.1. The molecule has 2 aromatic rings. The zero-order valence-electron chi connectivity index (χ0n) is 17.8. The van der Waals surface area contributed by atoms with Crippen LogP contribution in [-0.2, 0) is 4.79 Å². The molecule has 0 aliphatic carbocycles. The molecule has 0 N–H and O–H groups in total. The number of rotatable bonds is 7. The van der Waals surface area contributed by atoms with Crippen LogP contribution in [0.15, 0.2) is 48.5 Å². The Morgan fingerprint density at radius 1 is 0.931 bits per heavy atom. The van der Waals surface area contributed by atoms with Crippen molar-refractivity contribution in [2.75, 3.05) is 44.8 Å². The first-order valence-electron chi connectivity index (χ1n) is 10.5. The molecule has 0 atom stereocenters. The molecule has 5 nitrogen and oxygen atoms in total. The zero-order valence-corrected chi connectivity index (χ0v) is 17.8. The second-order valence-corrected chi connectivity index (χ2v) is 7.74. The number of ether oxygens (including phenoxy) is 2. The number of carbonyl (C=O) groups excluding carboxylic acids is 1. The van der Waals surface area contributed by atoms with Crippen LogP contribution in [-0.4, -0.2) is 50.7 Å². The number of carbonyl (C=O) groups is 1. The van der Waals surface area contributed by atoms with E-state index in [1.807, 2.05) is 29.2 Å². The Balaban J connectivity index is 1.45. The van der Waals surface area contributed by atoms with Crippen molar-refractivity contribution < 1.29 is 14.3 Å². The van der Waals surface area contributed by atoms with Crippen molar-refractivity contribution in [1.82, 2.24) is 4.90 Å². The van der Waals surface area contributed by atoms with Crippen molar-refractivity contribution in [3.8, 4) is 11.5 Å². The van der Waals surface area contributed by atoms with E-state index < -0.39 is 0 Å². The molecule has 1 saturated heterocycles. The Morgan fingerprint density at radius 2 is 1.62 bits per heavy atom. The number of hydrogen-bond donors (Lipinski definition) is 0. The van der Waals surface area contributed by atoms with Gasteiger partial charge >= 0.3 is 0 Å². The summed E-state index contributed by atoms with van der Waals surface area (Å²) in [6, 6.07) is 16.3. The molecule has 3 rings (SSSR count). The minimum absolute atomic E-state index is 0.167. The highest BCUT2D eigenvalue weighted by Crippen LogP contribution is 2.21. The third kappa shape index (κ3) is 5.89. The van der Waals surface area contributed by atoms with E-state index in [-0.39, 0.29) is 5.91 Å². The molecular formula is C24H32N2O3. The first-order valence-corrected chi connectivity index (χ1v) is 10.5. The Morgan fingerprint density at radius 3 is 2.28 bits per heavy atom. The Kier molecular flexibility index (Phi) is 7.39. The van der Waals surface area contributed by atoms with Gasteiger partial charge in [-0.3, -0.25) is 4.79 Å². The summed E-state index contributed by atoms with van der Waals surface area (Å²) < 4.78 is 11.0. The van der Waals surface area contributed by atoms with Gasteiger partial charge in [-0.05, 0) is 54.3 Å². The summed E-state index contributed by atoms with van der Waals surface area (Å²) in [5, 5.41) is 0. The van der Waals surface area contributed by atoms with Crippen LogP contribution in [0.1, 0.15) is 38.2 Å². The van der Waals surface area contributed by atoms with Crippen LogP contribution in [0.25, 0.3) is 0 Å². The van der Waals surface area contributed by atoms with Crippen LogP contribution in [0.5, 0.6) is 11.5 Å². The molecule has 0 radical (unpaired) electrons. The number of benzene rings is 2. The summed E-state index contributed by atoms with van der Waals surface area (Å²) in [7, 11) is 1.68. The van der Waals surface area contributed by atoms with Crippen LogP contribution < -0.4 is 14.4 Å². The molecule has 0 unspecified atom stereocenters. The molecular weight excluding hydrogens is 364 g/mol. The molecule has 0 aromatic heterocycles. The SMILES string of the molecule is COc1ccc(N2CCCN(C(=O)CCOc3ccc(C(C)C)cc3)CC2)cc1. The molecule has 5 heteroatoms. The number of amides is 1. The average Bonchev–Trinajstić information content (AvgIpc) is 3.00. The zero-order chi connectivity index (χ0) is 20.6. The predicted molar refractivity (Wildman–Crippen MR) is 117 cm³/mol. The highest BCUT2D eigenvalue weighted by atomic mass is 16.5. The largest absolute Gasteiger partial charge is 0.497 e. The normalized spacial score (nSPS) is 14.6. The standard InChI is InChI=1S/C24H32N2O3/c1-19(2)20-5-9-23(10-6-20)29-18-13-24(27)26-15-4-14-25(16-17-26)21-7-11-22(28-3)12-8-21/h5-12,19H,4,13-18H2,1-3H3. The van der Waals surface area contributed by atoms with Gasteiger partial charge in [-0.15, -0.1) is 0 Å². The third-order valence-corrected chi connectivity index (χ3v) is 5.42. The van der Waals surface area contributed by atoms with Crippen LogP contribution >= 0.6 is 0 Å². The van der Waals surface area contributed by atoms with E-state index in [0.717, 1.165) is 44.1 Å². The molecule has 1 amide bonds. The van der Waals surface area contributed by atoms with Crippen molar-refractivity contribution in [2.24, 2.45) is 0 Å². The lowest BCUT2D eigenvalue weighted by molar-refractivity contribution is -0.131. The maximum absolute atomic E-state index is 12.6. The van der Waals surface area contributed by atoms with Gasteiger partial charge in [-0.25, -0.2) is 0 Å². The van der Waals surface area contributed by atoms with E-state index in [9.17, 15) is 4.79 Å². The second-order valence-electron chi connectivity index (χ2n) is 7.74. The first kappa shape index (κ1) is 21.0. The fourth-order valence-electron chi connectivity index (χ4n) is 3.58. The maximum atomic E-state index is 12.6. The van der Waals surface area contributed by atoms with Gasteiger partial charge in [-0.2, -0.15) is 0 Å². The summed E-state index contributed by atoms with van der Waals surface area (Å²) in [4.78, 5) is 16.9. The monoisotopic (exact) mass is 396 g/mol. The lowest BCUT2D eigenvalue weighted by Crippen LogP contribution is -2.35. The molecule has 1 aliphatic rings. The van der Waals surface area contributed by atoms with E-state index in [2.05, 4.69) is 43.0 Å². The highest BCUT2D eigenvalue weighted by molar-refractivity contribution is 5.76.